The lowest BCUT2D eigenvalue weighted by Crippen LogP contribution is -2.39. The highest BCUT2D eigenvalue weighted by atomic mass is 32.2. The van der Waals surface area contributed by atoms with Crippen LogP contribution >= 0.6 is 0 Å². The van der Waals surface area contributed by atoms with E-state index in [9.17, 15) is 13.2 Å². The molecule has 1 fully saturated rings. The minimum absolute atomic E-state index is 0.166. The molecular weight excluding hydrogens is 468 g/mol. The van der Waals surface area contributed by atoms with Gasteiger partial charge in [-0.05, 0) is 49.6 Å². The highest BCUT2D eigenvalue weighted by molar-refractivity contribution is 7.89. The van der Waals surface area contributed by atoms with Gasteiger partial charge in [0.1, 0.15) is 11.6 Å². The highest BCUT2D eigenvalue weighted by Gasteiger charge is 2.32. The Morgan fingerprint density at radius 1 is 1.11 bits per heavy atom. The summed E-state index contributed by atoms with van der Waals surface area (Å²) in [5.41, 5.74) is 2.34. The van der Waals surface area contributed by atoms with Gasteiger partial charge in [0.15, 0.2) is 11.2 Å². The number of hydrogen-bond acceptors (Lipinski definition) is 7. The number of sulfonamides is 1. The van der Waals surface area contributed by atoms with Gasteiger partial charge in [-0.1, -0.05) is 35.0 Å². The number of H-pyrrole nitrogens is 1. The summed E-state index contributed by atoms with van der Waals surface area (Å²) >= 11 is 0. The maximum absolute atomic E-state index is 13.3. The molecule has 2 aromatic carbocycles. The second kappa shape index (κ2) is 9.23. The van der Waals surface area contributed by atoms with E-state index in [1.54, 1.807) is 28.9 Å². The minimum Gasteiger partial charge on any atom is -0.497 e. The lowest BCUT2D eigenvalue weighted by Gasteiger charge is -2.31. The molecular formula is C24H26N6O4S. The molecule has 0 unspecified atom stereocenters. The Morgan fingerprint density at radius 2 is 1.86 bits per heavy atom. The third-order valence-corrected chi connectivity index (χ3v) is 8.19. The maximum Gasteiger partial charge on any atom is 0.281 e. The molecule has 35 heavy (non-hydrogen) atoms. The first-order valence-corrected chi connectivity index (χ1v) is 12.8. The summed E-state index contributed by atoms with van der Waals surface area (Å²) in [4.78, 5) is 20.5. The lowest BCUT2D eigenvalue weighted by atomic mass is 9.99. The zero-order valence-corrected chi connectivity index (χ0v) is 20.3. The van der Waals surface area contributed by atoms with Crippen LogP contribution in [0.3, 0.4) is 0 Å². The van der Waals surface area contributed by atoms with Crippen molar-refractivity contribution in [2.75, 3.05) is 20.2 Å². The summed E-state index contributed by atoms with van der Waals surface area (Å²) in [6.45, 7) is 3.08. The first-order chi connectivity index (χ1) is 16.8. The number of aromatic amines is 1. The third-order valence-electron chi connectivity index (χ3n) is 6.31. The van der Waals surface area contributed by atoms with Gasteiger partial charge in [-0.15, -0.1) is 5.10 Å². The summed E-state index contributed by atoms with van der Waals surface area (Å²) in [5, 5.41) is 8.15. The molecule has 11 heteroatoms. The Bertz CT molecular complexity index is 1510. The average molecular weight is 495 g/mol. The van der Waals surface area contributed by atoms with Crippen LogP contribution in [-0.2, 0) is 16.6 Å². The van der Waals surface area contributed by atoms with Crippen molar-refractivity contribution in [3.8, 4) is 5.75 Å². The van der Waals surface area contributed by atoms with Crippen LogP contribution in [0.2, 0.25) is 0 Å². The quantitative estimate of drug-likeness (QED) is 0.437. The number of nitrogens with one attached hydrogen (secondary N) is 1. The van der Waals surface area contributed by atoms with Gasteiger partial charge in [-0.25, -0.2) is 18.1 Å². The highest BCUT2D eigenvalue weighted by Crippen LogP contribution is 2.29. The van der Waals surface area contributed by atoms with Gasteiger partial charge in [-0.2, -0.15) is 4.31 Å². The molecule has 10 nitrogen and oxygen atoms in total. The fourth-order valence-electron chi connectivity index (χ4n) is 4.33. The number of aromatic nitrogens is 5. The predicted molar refractivity (Wildman–Crippen MR) is 130 cm³/mol. The van der Waals surface area contributed by atoms with Crippen LogP contribution in [0.15, 0.2) is 58.2 Å². The molecule has 0 saturated carbocycles. The Kier molecular flexibility index (Phi) is 6.12. The number of piperidine rings is 1. The second-order valence-electron chi connectivity index (χ2n) is 8.73. The van der Waals surface area contributed by atoms with Crippen molar-refractivity contribution in [3.63, 3.8) is 0 Å². The van der Waals surface area contributed by atoms with Crippen molar-refractivity contribution in [1.29, 1.82) is 0 Å². The zero-order chi connectivity index (χ0) is 24.6. The number of hydrogen-bond donors (Lipinski definition) is 1. The summed E-state index contributed by atoms with van der Waals surface area (Å²) < 4.78 is 34.7. The Balaban J connectivity index is 1.43. The van der Waals surface area contributed by atoms with Crippen molar-refractivity contribution >= 4 is 21.2 Å². The van der Waals surface area contributed by atoms with E-state index in [-0.39, 0.29) is 28.4 Å². The number of benzene rings is 2. The standard InChI is InChI=1S/C24H26N6O4S/c1-16-5-7-17(8-6-16)14-30-23-21(27-28-30)24(31)26-22(25-23)18-4-3-13-29(15-18)35(32,33)20-11-9-19(34-2)10-12-20/h5-12,18H,3-4,13-15H2,1-2H3,(H,25,26,31)/t18-/m0/s1. The number of fused-ring (bicyclic) bond motifs is 1. The predicted octanol–water partition coefficient (Wildman–Crippen LogP) is 2.45. The monoisotopic (exact) mass is 494 g/mol. The van der Waals surface area contributed by atoms with E-state index < -0.39 is 10.0 Å². The molecule has 1 N–H and O–H groups in total. The van der Waals surface area contributed by atoms with E-state index in [2.05, 4.69) is 20.3 Å². The van der Waals surface area contributed by atoms with Gasteiger partial charge in [0, 0.05) is 19.0 Å². The largest absolute Gasteiger partial charge is 0.497 e. The fraction of sp³-hybridized carbons (Fsp3) is 0.333. The molecule has 0 radical (unpaired) electrons. The van der Waals surface area contributed by atoms with Crippen LogP contribution in [0.25, 0.3) is 11.2 Å². The molecule has 2 aromatic heterocycles. The smallest absolute Gasteiger partial charge is 0.281 e. The van der Waals surface area contributed by atoms with Crippen molar-refractivity contribution in [2.45, 2.75) is 37.1 Å². The van der Waals surface area contributed by atoms with Crippen LogP contribution in [-0.4, -0.2) is 57.9 Å². The molecule has 1 atom stereocenters. The zero-order valence-electron chi connectivity index (χ0n) is 19.5. The topological polar surface area (TPSA) is 123 Å². The van der Waals surface area contributed by atoms with E-state index in [0.29, 0.717) is 43.2 Å². The molecule has 1 aliphatic rings. The van der Waals surface area contributed by atoms with Gasteiger partial charge >= 0.3 is 0 Å². The summed E-state index contributed by atoms with van der Waals surface area (Å²) in [7, 11) is -2.16. The Hall–Kier alpha value is -3.57. The number of ether oxygens (including phenoxy) is 1. The molecule has 0 spiro atoms. The molecule has 0 aliphatic carbocycles. The van der Waals surface area contributed by atoms with E-state index in [1.165, 1.54) is 11.4 Å². The minimum atomic E-state index is -3.69. The van der Waals surface area contributed by atoms with Gasteiger partial charge in [-0.3, -0.25) is 4.79 Å². The maximum atomic E-state index is 13.3. The lowest BCUT2D eigenvalue weighted by molar-refractivity contribution is 0.309. The van der Waals surface area contributed by atoms with Crippen molar-refractivity contribution in [2.24, 2.45) is 0 Å². The summed E-state index contributed by atoms with van der Waals surface area (Å²) in [6.07, 6.45) is 1.37. The van der Waals surface area contributed by atoms with E-state index in [0.717, 1.165) is 11.1 Å². The van der Waals surface area contributed by atoms with E-state index in [4.69, 9.17) is 4.74 Å². The van der Waals surface area contributed by atoms with Gasteiger partial charge in [0.25, 0.3) is 5.56 Å². The third kappa shape index (κ3) is 4.56. The van der Waals surface area contributed by atoms with Gasteiger partial charge in [0.2, 0.25) is 10.0 Å². The van der Waals surface area contributed by atoms with Crippen LogP contribution in [0, 0.1) is 6.92 Å². The van der Waals surface area contributed by atoms with Crippen LogP contribution < -0.4 is 10.3 Å². The first kappa shape index (κ1) is 23.2. The molecule has 5 rings (SSSR count). The summed E-state index contributed by atoms with van der Waals surface area (Å²) in [6, 6.07) is 14.4. The number of methoxy groups -OCH3 is 1. The van der Waals surface area contributed by atoms with E-state index in [1.807, 2.05) is 31.2 Å². The number of nitrogens with zero attached hydrogens (tertiary/aromatic N) is 5. The molecule has 0 bridgehead atoms. The Morgan fingerprint density at radius 3 is 2.57 bits per heavy atom. The average Bonchev–Trinajstić information content (AvgIpc) is 3.28. The molecule has 3 heterocycles. The summed E-state index contributed by atoms with van der Waals surface area (Å²) in [5.74, 6) is 0.785. The van der Waals surface area contributed by atoms with Crippen LogP contribution in [0.5, 0.6) is 5.75 Å². The molecule has 1 aliphatic heterocycles. The SMILES string of the molecule is COc1ccc(S(=O)(=O)N2CCC[C@H](c3nc4c(nnn4Cc4ccc(C)cc4)c(=O)[nH]3)C2)cc1. The Labute approximate surface area is 202 Å². The molecule has 4 aromatic rings. The second-order valence-corrected chi connectivity index (χ2v) is 10.7. The van der Waals surface area contributed by atoms with Crippen molar-refractivity contribution in [3.05, 3.63) is 75.8 Å². The number of aryl methyl sites for hydroxylation is 1. The van der Waals surface area contributed by atoms with Gasteiger partial charge in [0.05, 0.1) is 18.6 Å². The van der Waals surface area contributed by atoms with Crippen LogP contribution in [0.1, 0.15) is 35.7 Å². The van der Waals surface area contributed by atoms with E-state index >= 15 is 0 Å². The molecule has 182 valence electrons. The van der Waals surface area contributed by atoms with Crippen molar-refractivity contribution < 1.29 is 13.2 Å². The van der Waals surface area contributed by atoms with Gasteiger partial charge < -0.3 is 9.72 Å². The van der Waals surface area contributed by atoms with Crippen molar-refractivity contribution in [1.82, 2.24) is 29.3 Å². The normalized spacial score (nSPS) is 17.0. The first-order valence-electron chi connectivity index (χ1n) is 11.4. The molecule has 0 amide bonds. The fourth-order valence-corrected chi connectivity index (χ4v) is 5.85. The number of rotatable bonds is 6. The van der Waals surface area contributed by atoms with Crippen LogP contribution in [0.4, 0.5) is 0 Å². The molecule has 1 saturated heterocycles.